The molecular formula is C16H20N2O3S. The van der Waals surface area contributed by atoms with Gasteiger partial charge in [0.25, 0.3) is 0 Å². The van der Waals surface area contributed by atoms with Crippen molar-refractivity contribution < 1.29 is 14.3 Å². The van der Waals surface area contributed by atoms with Crippen LogP contribution in [-0.4, -0.2) is 32.5 Å². The highest BCUT2D eigenvalue weighted by atomic mass is 32.2. The summed E-state index contributed by atoms with van der Waals surface area (Å²) < 4.78 is 9.99. The van der Waals surface area contributed by atoms with Crippen molar-refractivity contribution >= 4 is 17.7 Å². The van der Waals surface area contributed by atoms with Crippen molar-refractivity contribution in [1.82, 2.24) is 5.32 Å². The average molecular weight is 320 g/mol. The van der Waals surface area contributed by atoms with Gasteiger partial charge in [0.05, 0.1) is 18.7 Å². The monoisotopic (exact) mass is 320 g/mol. The van der Waals surface area contributed by atoms with E-state index >= 15 is 0 Å². The smallest absolute Gasteiger partial charge is 0.351 e. The Kier molecular flexibility index (Phi) is 7.94. The number of thioether (sulfide) groups is 1. The fourth-order valence-electron chi connectivity index (χ4n) is 1.77. The van der Waals surface area contributed by atoms with E-state index in [1.165, 1.54) is 11.8 Å². The number of ether oxygens (including phenoxy) is 2. The van der Waals surface area contributed by atoms with Crippen LogP contribution in [0.2, 0.25) is 0 Å². The summed E-state index contributed by atoms with van der Waals surface area (Å²) in [5, 5.41) is 12.8. The van der Waals surface area contributed by atoms with Crippen molar-refractivity contribution in [2.24, 2.45) is 0 Å². The number of rotatable bonds is 8. The van der Waals surface area contributed by atoms with Crippen LogP contribution >= 0.6 is 11.8 Å². The number of hydrogen-bond acceptors (Lipinski definition) is 6. The molecule has 1 N–H and O–H groups in total. The second kappa shape index (κ2) is 9.74. The van der Waals surface area contributed by atoms with Crippen molar-refractivity contribution in [3.8, 4) is 11.8 Å². The summed E-state index contributed by atoms with van der Waals surface area (Å²) in [6.07, 6.45) is 2.59. The molecule has 0 aromatic heterocycles. The topological polar surface area (TPSA) is 71.4 Å². The number of nitriles is 1. The third-order valence-electron chi connectivity index (χ3n) is 2.88. The van der Waals surface area contributed by atoms with Gasteiger partial charge >= 0.3 is 5.97 Å². The summed E-state index contributed by atoms with van der Waals surface area (Å²) in [7, 11) is 1.63. The minimum absolute atomic E-state index is 0.0177. The molecule has 1 aromatic rings. The molecule has 0 saturated carbocycles. The lowest BCUT2D eigenvalue weighted by Gasteiger charge is -2.11. The van der Waals surface area contributed by atoms with Gasteiger partial charge in [-0.05, 0) is 37.3 Å². The molecule has 0 heterocycles. The number of carbonyl (C=O) groups excluding carboxylic acids is 1. The van der Waals surface area contributed by atoms with E-state index in [1.54, 1.807) is 14.0 Å². The highest BCUT2D eigenvalue weighted by molar-refractivity contribution is 8.02. The van der Waals surface area contributed by atoms with E-state index in [0.29, 0.717) is 11.6 Å². The van der Waals surface area contributed by atoms with Gasteiger partial charge in [-0.3, -0.25) is 0 Å². The van der Waals surface area contributed by atoms with Gasteiger partial charge in [-0.2, -0.15) is 5.26 Å². The van der Waals surface area contributed by atoms with E-state index in [2.05, 4.69) is 5.32 Å². The lowest BCUT2D eigenvalue weighted by Crippen LogP contribution is -2.20. The molecule has 0 aliphatic heterocycles. The first-order valence-electron chi connectivity index (χ1n) is 6.88. The van der Waals surface area contributed by atoms with Crippen LogP contribution in [0.1, 0.15) is 12.5 Å². The Morgan fingerprint density at radius 2 is 2.05 bits per heavy atom. The SMILES string of the molecule is CCOC(=O)/C(C#N)=C(/NCCc1ccc(OC)cc1)SC. The van der Waals surface area contributed by atoms with Crippen LogP contribution in [0.25, 0.3) is 0 Å². The first-order chi connectivity index (χ1) is 10.7. The van der Waals surface area contributed by atoms with Crippen LogP contribution in [0, 0.1) is 11.3 Å². The fourth-order valence-corrected chi connectivity index (χ4v) is 2.35. The summed E-state index contributed by atoms with van der Waals surface area (Å²) in [6, 6.07) is 9.68. The van der Waals surface area contributed by atoms with Crippen LogP contribution in [0.3, 0.4) is 0 Å². The van der Waals surface area contributed by atoms with Crippen LogP contribution in [0.15, 0.2) is 34.9 Å². The molecule has 118 valence electrons. The van der Waals surface area contributed by atoms with E-state index < -0.39 is 5.97 Å². The zero-order valence-electron chi connectivity index (χ0n) is 13.0. The lowest BCUT2D eigenvalue weighted by atomic mass is 10.1. The van der Waals surface area contributed by atoms with E-state index in [-0.39, 0.29) is 12.2 Å². The van der Waals surface area contributed by atoms with Gasteiger partial charge in [0.1, 0.15) is 11.8 Å². The molecule has 6 heteroatoms. The molecule has 22 heavy (non-hydrogen) atoms. The highest BCUT2D eigenvalue weighted by Crippen LogP contribution is 2.16. The van der Waals surface area contributed by atoms with Crippen LogP contribution < -0.4 is 10.1 Å². The number of carbonyl (C=O) groups is 1. The summed E-state index contributed by atoms with van der Waals surface area (Å²) in [5.41, 5.74) is 1.16. The van der Waals surface area contributed by atoms with Crippen molar-refractivity contribution in [2.75, 3.05) is 26.5 Å². The first-order valence-corrected chi connectivity index (χ1v) is 8.11. The molecule has 0 bridgehead atoms. The molecule has 0 aliphatic carbocycles. The molecule has 5 nitrogen and oxygen atoms in total. The standard InChI is InChI=1S/C16H20N2O3S/c1-4-21-16(19)14(11-17)15(22-3)18-10-9-12-5-7-13(20-2)8-6-12/h5-8,18H,4,9-10H2,1-3H3/b15-14-. The third-order valence-corrected chi connectivity index (χ3v) is 3.64. The van der Waals surface area contributed by atoms with Crippen LogP contribution in [-0.2, 0) is 16.0 Å². The number of esters is 1. The molecule has 0 fully saturated rings. The normalized spacial score (nSPS) is 11.2. The molecule has 0 atom stereocenters. The summed E-state index contributed by atoms with van der Waals surface area (Å²) in [4.78, 5) is 11.7. The molecule has 1 aromatic carbocycles. The van der Waals surface area contributed by atoms with Gasteiger partial charge in [-0.25, -0.2) is 4.79 Å². The Hall–Kier alpha value is -2.13. The van der Waals surface area contributed by atoms with E-state index in [4.69, 9.17) is 14.7 Å². The summed E-state index contributed by atoms with van der Waals surface area (Å²) in [5.74, 6) is 0.224. The lowest BCUT2D eigenvalue weighted by molar-refractivity contribution is -0.138. The molecule has 0 spiro atoms. The largest absolute Gasteiger partial charge is 0.497 e. The second-order valence-corrected chi connectivity index (χ2v) is 5.08. The Morgan fingerprint density at radius 1 is 1.36 bits per heavy atom. The maximum atomic E-state index is 11.7. The Bertz CT molecular complexity index is 562. The molecule has 0 radical (unpaired) electrons. The first kappa shape index (κ1) is 17.9. The zero-order valence-corrected chi connectivity index (χ0v) is 13.8. The Labute approximate surface area is 135 Å². The number of benzene rings is 1. The van der Waals surface area contributed by atoms with Crippen molar-refractivity contribution in [3.63, 3.8) is 0 Å². The second-order valence-electron chi connectivity index (χ2n) is 4.27. The van der Waals surface area contributed by atoms with Crippen LogP contribution in [0.4, 0.5) is 0 Å². The maximum absolute atomic E-state index is 11.7. The third kappa shape index (κ3) is 5.34. The van der Waals surface area contributed by atoms with Gasteiger partial charge < -0.3 is 14.8 Å². The molecule has 1 rings (SSSR count). The van der Waals surface area contributed by atoms with Crippen LogP contribution in [0.5, 0.6) is 5.75 Å². The van der Waals surface area contributed by atoms with Crippen molar-refractivity contribution in [2.45, 2.75) is 13.3 Å². The van der Waals surface area contributed by atoms with E-state index in [1.807, 2.05) is 36.6 Å². The predicted octanol–water partition coefficient (Wildman–Crippen LogP) is 2.49. The maximum Gasteiger partial charge on any atom is 0.351 e. The van der Waals surface area contributed by atoms with E-state index in [9.17, 15) is 4.79 Å². The van der Waals surface area contributed by atoms with Gasteiger partial charge in [-0.15, -0.1) is 11.8 Å². The van der Waals surface area contributed by atoms with Crippen molar-refractivity contribution in [1.29, 1.82) is 5.26 Å². The summed E-state index contributed by atoms with van der Waals surface area (Å²) in [6.45, 7) is 2.58. The van der Waals surface area contributed by atoms with Crippen molar-refractivity contribution in [3.05, 3.63) is 40.4 Å². The Morgan fingerprint density at radius 3 is 2.55 bits per heavy atom. The number of methoxy groups -OCH3 is 1. The molecular weight excluding hydrogens is 300 g/mol. The fraction of sp³-hybridized carbons (Fsp3) is 0.375. The van der Waals surface area contributed by atoms with E-state index in [0.717, 1.165) is 17.7 Å². The average Bonchev–Trinajstić information content (AvgIpc) is 2.55. The van der Waals surface area contributed by atoms with Gasteiger partial charge in [0.15, 0.2) is 5.57 Å². The van der Waals surface area contributed by atoms with Gasteiger partial charge in [0.2, 0.25) is 0 Å². The summed E-state index contributed by atoms with van der Waals surface area (Å²) >= 11 is 1.32. The number of hydrogen-bond donors (Lipinski definition) is 1. The van der Waals surface area contributed by atoms with Gasteiger partial charge in [-0.1, -0.05) is 12.1 Å². The molecule has 0 aliphatic rings. The highest BCUT2D eigenvalue weighted by Gasteiger charge is 2.15. The minimum atomic E-state index is -0.591. The minimum Gasteiger partial charge on any atom is -0.497 e. The number of nitrogens with zero attached hydrogens (tertiary/aromatic N) is 1. The zero-order chi connectivity index (χ0) is 16.4. The number of nitrogens with one attached hydrogen (secondary N) is 1. The molecule has 0 unspecified atom stereocenters. The predicted molar refractivity (Wildman–Crippen MR) is 87.5 cm³/mol. The Balaban J connectivity index is 2.65. The van der Waals surface area contributed by atoms with Gasteiger partial charge in [0, 0.05) is 6.54 Å². The molecule has 0 saturated heterocycles. The quantitative estimate of drug-likeness (QED) is 0.451. The molecule has 0 amide bonds.